The van der Waals surface area contributed by atoms with Gasteiger partial charge in [-0.3, -0.25) is 0 Å². The molecule has 1 aromatic rings. The summed E-state index contributed by atoms with van der Waals surface area (Å²) >= 11 is 0. The molecule has 0 aromatic heterocycles. The molecule has 0 fully saturated rings. The van der Waals surface area contributed by atoms with Crippen LogP contribution in [-0.2, 0) is 9.84 Å². The van der Waals surface area contributed by atoms with Crippen LogP contribution in [0.4, 0.5) is 0 Å². The van der Waals surface area contributed by atoms with Gasteiger partial charge in [0.15, 0.2) is 9.84 Å². The molecule has 0 unspecified atom stereocenters. The van der Waals surface area contributed by atoms with E-state index in [2.05, 4.69) is 32.9 Å². The molecule has 0 aliphatic heterocycles. The summed E-state index contributed by atoms with van der Waals surface area (Å²) in [5.74, 6) is 0.0233. The highest BCUT2D eigenvalue weighted by Crippen LogP contribution is 2.13. The van der Waals surface area contributed by atoms with Gasteiger partial charge < -0.3 is 0 Å². The Morgan fingerprint density at radius 2 is 1.64 bits per heavy atom. The maximum atomic E-state index is 12.3. The molecule has 0 aliphatic rings. The van der Waals surface area contributed by atoms with Crippen LogP contribution < -0.4 is 0 Å². The first kappa shape index (κ1) is 21.2. The third-order valence-corrected chi connectivity index (χ3v) is 5.43. The van der Waals surface area contributed by atoms with Crippen LogP contribution in [0.15, 0.2) is 76.3 Å². The van der Waals surface area contributed by atoms with Crippen LogP contribution in [0.3, 0.4) is 0 Å². The van der Waals surface area contributed by atoms with Crippen molar-refractivity contribution < 1.29 is 8.42 Å². The van der Waals surface area contributed by atoms with Gasteiger partial charge in [0.05, 0.1) is 10.6 Å². The SMILES string of the molecule is CC(C)=CCCC(C)=CC=CC(C)=CCS(=O)(=O)c1ccc(C)cc1. The van der Waals surface area contributed by atoms with Gasteiger partial charge in [-0.15, -0.1) is 0 Å². The van der Waals surface area contributed by atoms with Crippen molar-refractivity contribution in [1.82, 2.24) is 0 Å². The average molecular weight is 359 g/mol. The molecule has 0 radical (unpaired) electrons. The summed E-state index contributed by atoms with van der Waals surface area (Å²) in [7, 11) is -3.27. The van der Waals surface area contributed by atoms with Gasteiger partial charge >= 0.3 is 0 Å². The molecule has 25 heavy (non-hydrogen) atoms. The van der Waals surface area contributed by atoms with Gasteiger partial charge in [0, 0.05) is 0 Å². The highest BCUT2D eigenvalue weighted by atomic mass is 32.2. The van der Waals surface area contributed by atoms with Gasteiger partial charge in [-0.25, -0.2) is 8.42 Å². The van der Waals surface area contributed by atoms with Crippen LogP contribution in [-0.4, -0.2) is 14.2 Å². The van der Waals surface area contributed by atoms with E-state index in [4.69, 9.17) is 0 Å². The highest BCUT2D eigenvalue weighted by molar-refractivity contribution is 7.91. The summed E-state index contributed by atoms with van der Waals surface area (Å²) in [6.07, 6.45) is 12.1. The molecule has 3 heteroatoms. The third kappa shape index (κ3) is 8.69. The predicted octanol–water partition coefficient (Wildman–Crippen LogP) is 5.96. The van der Waals surface area contributed by atoms with E-state index in [0.717, 1.165) is 24.0 Å². The Morgan fingerprint density at radius 3 is 2.24 bits per heavy atom. The lowest BCUT2D eigenvalue weighted by atomic mass is 10.1. The van der Waals surface area contributed by atoms with Crippen molar-refractivity contribution in [2.75, 3.05) is 5.75 Å². The van der Waals surface area contributed by atoms with Crippen LogP contribution in [0.2, 0.25) is 0 Å². The second-order valence-electron chi connectivity index (χ2n) is 6.73. The van der Waals surface area contributed by atoms with E-state index in [1.54, 1.807) is 18.2 Å². The predicted molar refractivity (Wildman–Crippen MR) is 109 cm³/mol. The molecule has 0 saturated heterocycles. The summed E-state index contributed by atoms with van der Waals surface area (Å²) in [5.41, 5.74) is 4.66. The van der Waals surface area contributed by atoms with Crippen molar-refractivity contribution in [2.45, 2.75) is 52.4 Å². The number of hydrogen-bond donors (Lipinski definition) is 0. The average Bonchev–Trinajstić information content (AvgIpc) is 2.53. The summed E-state index contributed by atoms with van der Waals surface area (Å²) < 4.78 is 24.6. The van der Waals surface area contributed by atoms with E-state index in [0.29, 0.717) is 4.90 Å². The van der Waals surface area contributed by atoms with Gasteiger partial charge in [0.1, 0.15) is 0 Å². The van der Waals surface area contributed by atoms with Crippen LogP contribution in [0.1, 0.15) is 46.1 Å². The Hall–Kier alpha value is -1.87. The molecule has 0 heterocycles. The van der Waals surface area contributed by atoms with Crippen molar-refractivity contribution >= 4 is 9.84 Å². The van der Waals surface area contributed by atoms with E-state index >= 15 is 0 Å². The van der Waals surface area contributed by atoms with Crippen molar-refractivity contribution in [1.29, 1.82) is 0 Å². The number of rotatable bonds is 8. The molecular formula is C22H30O2S. The van der Waals surface area contributed by atoms with E-state index in [1.165, 1.54) is 11.1 Å². The third-order valence-electron chi connectivity index (χ3n) is 3.84. The molecule has 1 aromatic carbocycles. The van der Waals surface area contributed by atoms with Gasteiger partial charge in [-0.1, -0.05) is 64.8 Å². The minimum atomic E-state index is -3.27. The maximum Gasteiger partial charge on any atom is 0.181 e. The van der Waals surface area contributed by atoms with Crippen LogP contribution in [0.5, 0.6) is 0 Å². The van der Waals surface area contributed by atoms with Crippen LogP contribution in [0, 0.1) is 6.92 Å². The fourth-order valence-electron chi connectivity index (χ4n) is 2.19. The molecule has 0 amide bonds. The minimum absolute atomic E-state index is 0.0233. The number of benzene rings is 1. The monoisotopic (exact) mass is 358 g/mol. The zero-order chi connectivity index (χ0) is 18.9. The second-order valence-corrected chi connectivity index (χ2v) is 8.77. The highest BCUT2D eigenvalue weighted by Gasteiger charge is 2.11. The molecule has 0 spiro atoms. The molecule has 0 bridgehead atoms. The number of allylic oxidation sites excluding steroid dienone is 7. The molecular weight excluding hydrogens is 328 g/mol. The topological polar surface area (TPSA) is 34.1 Å². The summed E-state index contributed by atoms with van der Waals surface area (Å²) in [6.45, 7) is 10.2. The number of hydrogen-bond acceptors (Lipinski definition) is 2. The molecule has 0 atom stereocenters. The van der Waals surface area contributed by atoms with Crippen LogP contribution >= 0.6 is 0 Å². The zero-order valence-electron chi connectivity index (χ0n) is 16.0. The molecule has 0 saturated carbocycles. The quantitative estimate of drug-likeness (QED) is 0.424. The van der Waals surface area contributed by atoms with Crippen molar-refractivity contribution in [2.24, 2.45) is 0 Å². The molecule has 136 valence electrons. The van der Waals surface area contributed by atoms with Crippen molar-refractivity contribution in [3.05, 3.63) is 76.9 Å². The summed E-state index contributed by atoms with van der Waals surface area (Å²) in [5, 5.41) is 0. The fraction of sp³-hybridized carbons (Fsp3) is 0.364. The lowest BCUT2D eigenvalue weighted by Gasteiger charge is -2.02. The smallest absolute Gasteiger partial charge is 0.181 e. The minimum Gasteiger partial charge on any atom is -0.223 e. The Labute approximate surface area is 153 Å². The molecule has 1 rings (SSSR count). The number of aryl methyl sites for hydroxylation is 1. The molecule has 0 aliphatic carbocycles. The first-order valence-corrected chi connectivity index (χ1v) is 10.3. The van der Waals surface area contributed by atoms with Gasteiger partial charge in [-0.05, 0) is 59.6 Å². The Balaban J connectivity index is 2.63. The summed E-state index contributed by atoms with van der Waals surface area (Å²) in [6, 6.07) is 6.99. The van der Waals surface area contributed by atoms with E-state index in [9.17, 15) is 8.42 Å². The zero-order valence-corrected chi connectivity index (χ0v) is 16.9. The molecule has 2 nitrogen and oxygen atoms in total. The standard InChI is InChI=1S/C22H30O2S/c1-18(2)8-6-9-19(3)10-7-11-20(4)16-17-25(23,24)22-14-12-21(5)13-15-22/h7-8,10-16H,6,9,17H2,1-5H3. The summed E-state index contributed by atoms with van der Waals surface area (Å²) in [4.78, 5) is 0.376. The van der Waals surface area contributed by atoms with Gasteiger partial charge in [-0.2, -0.15) is 0 Å². The number of sulfone groups is 1. The fourth-order valence-corrected chi connectivity index (χ4v) is 3.41. The normalized spacial score (nSPS) is 13.3. The van der Waals surface area contributed by atoms with Gasteiger partial charge in [0.25, 0.3) is 0 Å². The lowest BCUT2D eigenvalue weighted by Crippen LogP contribution is -2.04. The Kier molecular flexibility index (Phi) is 8.64. The first-order chi connectivity index (χ1) is 11.7. The Bertz CT molecular complexity index is 770. The van der Waals surface area contributed by atoms with Crippen LogP contribution in [0.25, 0.3) is 0 Å². The van der Waals surface area contributed by atoms with E-state index in [1.807, 2.05) is 38.1 Å². The van der Waals surface area contributed by atoms with Gasteiger partial charge in [0.2, 0.25) is 0 Å². The first-order valence-electron chi connectivity index (χ1n) is 8.64. The Morgan fingerprint density at radius 1 is 1.00 bits per heavy atom. The van der Waals surface area contributed by atoms with Crippen molar-refractivity contribution in [3.63, 3.8) is 0 Å². The lowest BCUT2D eigenvalue weighted by molar-refractivity contribution is 0.599. The second kappa shape index (κ2) is 10.2. The van der Waals surface area contributed by atoms with Crippen molar-refractivity contribution in [3.8, 4) is 0 Å². The molecule has 0 N–H and O–H groups in total. The maximum absolute atomic E-state index is 12.3. The van der Waals surface area contributed by atoms with E-state index < -0.39 is 9.84 Å². The largest absolute Gasteiger partial charge is 0.223 e. The van der Waals surface area contributed by atoms with E-state index in [-0.39, 0.29) is 5.75 Å².